The van der Waals surface area contributed by atoms with Crippen molar-refractivity contribution in [2.24, 2.45) is 5.92 Å². The number of ether oxygens (including phenoxy) is 1. The first-order valence-corrected chi connectivity index (χ1v) is 6.85. The molecular formula is C11H22BrNO. The molecular weight excluding hydrogens is 242 g/mol. The third-order valence-electron chi connectivity index (χ3n) is 2.85. The Balaban J connectivity index is 1.98. The largest absolute Gasteiger partial charge is 0.382 e. The standard InChI is InChI=1S/C11H22BrNO/c1-2-14-9-3-7-13-8-5-11(10-13)4-6-12/h11H,2-10H2,1H3. The smallest absolute Gasteiger partial charge is 0.0478 e. The highest BCUT2D eigenvalue weighted by Crippen LogP contribution is 2.20. The van der Waals surface area contributed by atoms with Crippen molar-refractivity contribution in [3.05, 3.63) is 0 Å². The van der Waals surface area contributed by atoms with E-state index in [1.54, 1.807) is 0 Å². The van der Waals surface area contributed by atoms with Gasteiger partial charge in [0.1, 0.15) is 0 Å². The number of rotatable bonds is 7. The van der Waals surface area contributed by atoms with Crippen LogP contribution in [0.25, 0.3) is 0 Å². The van der Waals surface area contributed by atoms with Gasteiger partial charge in [0.15, 0.2) is 0 Å². The van der Waals surface area contributed by atoms with Crippen LogP contribution in [0.3, 0.4) is 0 Å². The molecule has 0 aromatic carbocycles. The Morgan fingerprint density at radius 2 is 2.36 bits per heavy atom. The maximum Gasteiger partial charge on any atom is 0.0478 e. The fourth-order valence-corrected chi connectivity index (χ4v) is 2.69. The van der Waals surface area contributed by atoms with Crippen molar-refractivity contribution >= 4 is 15.9 Å². The Morgan fingerprint density at radius 1 is 1.50 bits per heavy atom. The minimum absolute atomic E-state index is 0.853. The summed E-state index contributed by atoms with van der Waals surface area (Å²) in [6.45, 7) is 7.66. The maximum absolute atomic E-state index is 5.33. The summed E-state index contributed by atoms with van der Waals surface area (Å²) in [7, 11) is 0. The molecule has 0 radical (unpaired) electrons. The summed E-state index contributed by atoms with van der Waals surface area (Å²) in [5, 5.41) is 1.16. The minimum atomic E-state index is 0.853. The van der Waals surface area contributed by atoms with Crippen molar-refractivity contribution in [1.29, 1.82) is 0 Å². The number of halogens is 1. The van der Waals surface area contributed by atoms with Crippen LogP contribution in [0.4, 0.5) is 0 Å². The van der Waals surface area contributed by atoms with E-state index in [-0.39, 0.29) is 0 Å². The van der Waals surface area contributed by atoms with Crippen LogP contribution in [0.2, 0.25) is 0 Å². The number of hydrogen-bond acceptors (Lipinski definition) is 2. The fraction of sp³-hybridized carbons (Fsp3) is 1.00. The van der Waals surface area contributed by atoms with Crippen molar-refractivity contribution in [2.75, 3.05) is 38.2 Å². The van der Waals surface area contributed by atoms with Crippen LogP contribution in [-0.4, -0.2) is 43.1 Å². The first-order valence-electron chi connectivity index (χ1n) is 5.73. The third-order valence-corrected chi connectivity index (χ3v) is 3.31. The molecule has 0 bridgehead atoms. The summed E-state index contributed by atoms with van der Waals surface area (Å²) in [6, 6.07) is 0. The van der Waals surface area contributed by atoms with Crippen LogP contribution in [0.15, 0.2) is 0 Å². The molecule has 1 rings (SSSR count). The summed E-state index contributed by atoms with van der Waals surface area (Å²) < 4.78 is 5.33. The van der Waals surface area contributed by atoms with Gasteiger partial charge in [0.2, 0.25) is 0 Å². The molecule has 0 aliphatic carbocycles. The zero-order valence-electron chi connectivity index (χ0n) is 9.17. The number of alkyl halides is 1. The molecule has 1 saturated heterocycles. The lowest BCUT2D eigenvalue weighted by molar-refractivity contribution is 0.135. The molecule has 1 aliphatic rings. The van der Waals surface area contributed by atoms with E-state index in [4.69, 9.17) is 4.74 Å². The van der Waals surface area contributed by atoms with Crippen LogP contribution in [0.5, 0.6) is 0 Å². The lowest BCUT2D eigenvalue weighted by Gasteiger charge is -2.15. The van der Waals surface area contributed by atoms with E-state index in [1.165, 1.54) is 38.9 Å². The normalized spacial score (nSPS) is 23.1. The average molecular weight is 264 g/mol. The molecule has 1 atom stereocenters. The van der Waals surface area contributed by atoms with Crippen LogP contribution < -0.4 is 0 Å². The molecule has 3 heteroatoms. The fourth-order valence-electron chi connectivity index (χ4n) is 2.04. The van der Waals surface area contributed by atoms with Crippen LogP contribution in [0, 0.1) is 5.92 Å². The van der Waals surface area contributed by atoms with E-state index in [9.17, 15) is 0 Å². The molecule has 2 nitrogen and oxygen atoms in total. The molecule has 1 aliphatic heterocycles. The zero-order valence-corrected chi connectivity index (χ0v) is 10.8. The van der Waals surface area contributed by atoms with Gasteiger partial charge in [0.05, 0.1) is 0 Å². The van der Waals surface area contributed by atoms with Crippen molar-refractivity contribution < 1.29 is 4.74 Å². The highest BCUT2D eigenvalue weighted by molar-refractivity contribution is 9.09. The predicted octanol–water partition coefficient (Wildman–Crippen LogP) is 2.52. The highest BCUT2D eigenvalue weighted by Gasteiger charge is 2.20. The summed E-state index contributed by atoms with van der Waals surface area (Å²) in [5.41, 5.74) is 0. The van der Waals surface area contributed by atoms with E-state index >= 15 is 0 Å². The van der Waals surface area contributed by atoms with Gasteiger partial charge in [-0.2, -0.15) is 0 Å². The summed E-state index contributed by atoms with van der Waals surface area (Å²) in [6.07, 6.45) is 3.91. The zero-order chi connectivity index (χ0) is 10.2. The van der Waals surface area contributed by atoms with Gasteiger partial charge < -0.3 is 9.64 Å². The molecule has 1 heterocycles. The Kier molecular flexibility index (Phi) is 6.82. The monoisotopic (exact) mass is 263 g/mol. The molecule has 1 fully saturated rings. The molecule has 0 N–H and O–H groups in total. The number of likely N-dealkylation sites (tertiary alicyclic amines) is 1. The van der Waals surface area contributed by atoms with Gasteiger partial charge in [0.25, 0.3) is 0 Å². The van der Waals surface area contributed by atoms with E-state index in [2.05, 4.69) is 27.8 Å². The topological polar surface area (TPSA) is 12.5 Å². The molecule has 0 aromatic heterocycles. The molecule has 0 amide bonds. The maximum atomic E-state index is 5.33. The third kappa shape index (κ3) is 4.76. The SMILES string of the molecule is CCOCCCN1CCC(CCBr)C1. The van der Waals surface area contributed by atoms with E-state index in [1.807, 2.05) is 0 Å². The minimum Gasteiger partial charge on any atom is -0.382 e. The molecule has 0 saturated carbocycles. The van der Waals surface area contributed by atoms with Gasteiger partial charge in [-0.25, -0.2) is 0 Å². The van der Waals surface area contributed by atoms with Crippen LogP contribution in [-0.2, 0) is 4.74 Å². The molecule has 0 aromatic rings. The van der Waals surface area contributed by atoms with Gasteiger partial charge in [-0.05, 0) is 38.6 Å². The van der Waals surface area contributed by atoms with Crippen molar-refractivity contribution in [3.63, 3.8) is 0 Å². The summed E-state index contributed by atoms with van der Waals surface area (Å²) in [5.74, 6) is 0.932. The lowest BCUT2D eigenvalue weighted by Crippen LogP contribution is -2.23. The Labute approximate surface area is 96.1 Å². The first-order chi connectivity index (χ1) is 6.86. The van der Waals surface area contributed by atoms with E-state index < -0.39 is 0 Å². The second-order valence-corrected chi connectivity index (χ2v) is 4.78. The van der Waals surface area contributed by atoms with Gasteiger partial charge in [-0.1, -0.05) is 15.9 Å². The Hall–Kier alpha value is 0.400. The molecule has 0 spiro atoms. The predicted molar refractivity (Wildman–Crippen MR) is 64.1 cm³/mol. The lowest BCUT2D eigenvalue weighted by atomic mass is 10.1. The van der Waals surface area contributed by atoms with Crippen molar-refractivity contribution in [2.45, 2.75) is 26.2 Å². The Bertz CT molecular complexity index is 143. The quantitative estimate of drug-likeness (QED) is 0.517. The number of hydrogen-bond donors (Lipinski definition) is 0. The number of nitrogens with zero attached hydrogens (tertiary/aromatic N) is 1. The van der Waals surface area contributed by atoms with Crippen molar-refractivity contribution in [3.8, 4) is 0 Å². The van der Waals surface area contributed by atoms with E-state index in [0.717, 1.165) is 24.5 Å². The van der Waals surface area contributed by atoms with Gasteiger partial charge in [0, 0.05) is 31.6 Å². The van der Waals surface area contributed by atoms with Crippen molar-refractivity contribution in [1.82, 2.24) is 4.90 Å². The summed E-state index contributed by atoms with van der Waals surface area (Å²) in [4.78, 5) is 2.58. The first kappa shape index (κ1) is 12.5. The molecule has 1 unspecified atom stereocenters. The van der Waals surface area contributed by atoms with Crippen LogP contribution >= 0.6 is 15.9 Å². The van der Waals surface area contributed by atoms with Gasteiger partial charge >= 0.3 is 0 Å². The van der Waals surface area contributed by atoms with Gasteiger partial charge in [-0.15, -0.1) is 0 Å². The molecule has 84 valence electrons. The average Bonchev–Trinajstić information content (AvgIpc) is 2.61. The van der Waals surface area contributed by atoms with Gasteiger partial charge in [-0.3, -0.25) is 0 Å². The highest BCUT2D eigenvalue weighted by atomic mass is 79.9. The molecule has 14 heavy (non-hydrogen) atoms. The van der Waals surface area contributed by atoms with E-state index in [0.29, 0.717) is 0 Å². The van der Waals surface area contributed by atoms with Crippen LogP contribution in [0.1, 0.15) is 26.2 Å². The Morgan fingerprint density at radius 3 is 3.07 bits per heavy atom. The second-order valence-electron chi connectivity index (χ2n) is 3.98. The summed E-state index contributed by atoms with van der Waals surface area (Å²) >= 11 is 3.51. The second kappa shape index (κ2) is 7.66.